The summed E-state index contributed by atoms with van der Waals surface area (Å²) in [6, 6.07) is 2.35. The molecule has 0 aliphatic rings. The first kappa shape index (κ1) is 16.3. The summed E-state index contributed by atoms with van der Waals surface area (Å²) in [7, 11) is 1.77. The van der Waals surface area contributed by atoms with E-state index in [2.05, 4.69) is 26.2 Å². The van der Waals surface area contributed by atoms with Gasteiger partial charge in [0.15, 0.2) is 0 Å². The van der Waals surface area contributed by atoms with Crippen molar-refractivity contribution < 1.29 is 14.5 Å². The van der Waals surface area contributed by atoms with Crippen molar-refractivity contribution in [2.75, 3.05) is 19.0 Å². The first-order valence-electron chi connectivity index (χ1n) is 6.75. The Morgan fingerprint density at radius 3 is 2.86 bits per heavy atom. The summed E-state index contributed by atoms with van der Waals surface area (Å²) in [6.45, 7) is 1.74. The van der Waals surface area contributed by atoms with Gasteiger partial charge in [-0.05, 0) is 24.6 Å². The highest BCUT2D eigenvalue weighted by Gasteiger charge is 2.32. The number of aromatic nitrogens is 1. The third kappa shape index (κ3) is 3.22. The van der Waals surface area contributed by atoms with Crippen LogP contribution in [0.3, 0.4) is 0 Å². The Hall–Kier alpha value is -2.09. The predicted octanol–water partition coefficient (Wildman–Crippen LogP) is 2.72. The van der Waals surface area contributed by atoms with Crippen molar-refractivity contribution >= 4 is 38.5 Å². The Labute approximate surface area is 135 Å². The molecule has 0 aliphatic heterocycles. The first-order chi connectivity index (χ1) is 10.5. The Kier molecular flexibility index (Phi) is 5.02. The maximum Gasteiger partial charge on any atom is 0.382 e. The van der Waals surface area contributed by atoms with E-state index in [4.69, 9.17) is 4.74 Å². The van der Waals surface area contributed by atoms with E-state index in [1.807, 2.05) is 12.1 Å². The molecule has 0 amide bonds. The maximum atomic E-state index is 11.8. The molecule has 8 heteroatoms. The van der Waals surface area contributed by atoms with Crippen LogP contribution < -0.4 is 5.32 Å². The molecule has 1 heterocycles. The minimum absolute atomic E-state index is 0.0256. The molecular weight excluding hydrogens is 354 g/mol. The molecule has 1 aromatic heterocycles. The number of halogens is 1. The van der Waals surface area contributed by atoms with Gasteiger partial charge in [-0.1, -0.05) is 15.9 Å². The second-order valence-corrected chi connectivity index (χ2v) is 5.61. The van der Waals surface area contributed by atoms with Crippen molar-refractivity contribution in [1.82, 2.24) is 4.98 Å². The number of H-pyrrole nitrogens is 1. The highest BCUT2D eigenvalue weighted by Crippen LogP contribution is 2.31. The smallest absolute Gasteiger partial charge is 0.382 e. The molecule has 0 spiro atoms. The van der Waals surface area contributed by atoms with Crippen molar-refractivity contribution in [3.05, 3.63) is 38.5 Å². The SMILES string of the molecule is CCOC(=O)C(Cc1c[nH]c2cc(Br)cc(NC)c12)[N+](=O)[O-]. The van der Waals surface area contributed by atoms with Crippen LogP contribution in [0.2, 0.25) is 0 Å². The second kappa shape index (κ2) is 6.78. The minimum atomic E-state index is -1.41. The fraction of sp³-hybridized carbons (Fsp3) is 0.357. The lowest BCUT2D eigenvalue weighted by molar-refractivity contribution is -0.510. The van der Waals surface area contributed by atoms with Crippen molar-refractivity contribution in [3.8, 4) is 0 Å². The molecule has 1 unspecified atom stereocenters. The predicted molar refractivity (Wildman–Crippen MR) is 86.7 cm³/mol. The Morgan fingerprint density at radius 2 is 2.27 bits per heavy atom. The molecule has 0 saturated carbocycles. The number of aromatic amines is 1. The monoisotopic (exact) mass is 369 g/mol. The summed E-state index contributed by atoms with van der Waals surface area (Å²) in [5.41, 5.74) is 2.35. The number of ether oxygens (including phenoxy) is 1. The van der Waals surface area contributed by atoms with Gasteiger partial charge >= 0.3 is 12.0 Å². The first-order valence-corrected chi connectivity index (χ1v) is 7.54. The summed E-state index contributed by atoms with van der Waals surface area (Å²) in [4.78, 5) is 25.4. The lowest BCUT2D eigenvalue weighted by atomic mass is 10.0. The molecule has 1 aromatic carbocycles. The molecule has 0 radical (unpaired) electrons. The van der Waals surface area contributed by atoms with Crippen molar-refractivity contribution in [1.29, 1.82) is 0 Å². The number of rotatable bonds is 6. The molecule has 1 atom stereocenters. The molecule has 0 fully saturated rings. The molecule has 0 aliphatic carbocycles. The van der Waals surface area contributed by atoms with Crippen molar-refractivity contribution in [2.24, 2.45) is 0 Å². The summed E-state index contributed by atoms with van der Waals surface area (Å²) in [5.74, 6) is -0.815. The van der Waals surface area contributed by atoms with E-state index in [1.54, 1.807) is 20.2 Å². The fourth-order valence-corrected chi connectivity index (χ4v) is 2.81. The third-order valence-electron chi connectivity index (χ3n) is 3.32. The molecular formula is C14H16BrN3O4. The molecule has 118 valence electrons. The van der Waals surface area contributed by atoms with Crippen molar-refractivity contribution in [3.63, 3.8) is 0 Å². The highest BCUT2D eigenvalue weighted by atomic mass is 79.9. The maximum absolute atomic E-state index is 11.8. The van der Waals surface area contributed by atoms with Gasteiger partial charge in [-0.25, -0.2) is 4.79 Å². The number of carbonyl (C=O) groups excluding carboxylic acids is 1. The third-order valence-corrected chi connectivity index (χ3v) is 3.78. The van der Waals surface area contributed by atoms with Gasteiger partial charge in [0.05, 0.1) is 13.0 Å². The fourth-order valence-electron chi connectivity index (χ4n) is 2.35. The summed E-state index contributed by atoms with van der Waals surface area (Å²) < 4.78 is 5.67. The van der Waals surface area contributed by atoms with E-state index in [0.717, 1.165) is 21.1 Å². The van der Waals surface area contributed by atoms with Gasteiger partial charge in [0, 0.05) is 39.2 Å². The molecule has 0 bridgehead atoms. The molecule has 2 aromatic rings. The average molecular weight is 370 g/mol. The summed E-state index contributed by atoms with van der Waals surface area (Å²) >= 11 is 3.41. The van der Waals surface area contributed by atoms with E-state index < -0.39 is 16.9 Å². The zero-order valence-electron chi connectivity index (χ0n) is 12.2. The van der Waals surface area contributed by atoms with Gasteiger partial charge in [0.1, 0.15) is 0 Å². The number of carbonyl (C=O) groups is 1. The number of hydrogen-bond acceptors (Lipinski definition) is 5. The van der Waals surface area contributed by atoms with Gasteiger partial charge in [-0.3, -0.25) is 10.1 Å². The summed E-state index contributed by atoms with van der Waals surface area (Å²) in [5, 5.41) is 15.1. The largest absolute Gasteiger partial charge is 0.461 e. The van der Waals surface area contributed by atoms with Gasteiger partial charge in [0.2, 0.25) is 0 Å². The molecule has 0 saturated heterocycles. The minimum Gasteiger partial charge on any atom is -0.461 e. The molecule has 2 N–H and O–H groups in total. The van der Waals surface area contributed by atoms with Gasteiger partial charge < -0.3 is 15.0 Å². The molecule has 22 heavy (non-hydrogen) atoms. The highest BCUT2D eigenvalue weighted by molar-refractivity contribution is 9.10. The number of benzene rings is 1. The van der Waals surface area contributed by atoms with Crippen LogP contribution in [0.15, 0.2) is 22.8 Å². The van der Waals surface area contributed by atoms with Crippen LogP contribution >= 0.6 is 15.9 Å². The number of hydrogen-bond donors (Lipinski definition) is 2. The van der Waals surface area contributed by atoms with Crippen LogP contribution in [-0.2, 0) is 16.0 Å². The van der Waals surface area contributed by atoms with Gasteiger partial charge in [0.25, 0.3) is 0 Å². The lowest BCUT2D eigenvalue weighted by Gasteiger charge is -2.10. The number of nitrogens with zero attached hydrogens (tertiary/aromatic N) is 1. The van der Waals surface area contributed by atoms with Crippen molar-refractivity contribution in [2.45, 2.75) is 19.4 Å². The van der Waals surface area contributed by atoms with Gasteiger partial charge in [-0.2, -0.15) is 0 Å². The zero-order chi connectivity index (χ0) is 16.3. The number of anilines is 1. The average Bonchev–Trinajstić information content (AvgIpc) is 2.86. The quantitative estimate of drug-likeness (QED) is 0.463. The van der Waals surface area contributed by atoms with E-state index in [0.29, 0.717) is 5.56 Å². The summed E-state index contributed by atoms with van der Waals surface area (Å²) in [6.07, 6.45) is 1.66. The number of nitrogens with one attached hydrogen (secondary N) is 2. The molecule has 2 rings (SSSR count). The van der Waals surface area contributed by atoms with Crippen LogP contribution in [0.4, 0.5) is 5.69 Å². The lowest BCUT2D eigenvalue weighted by Crippen LogP contribution is -2.33. The number of fused-ring (bicyclic) bond motifs is 1. The van der Waals surface area contributed by atoms with Crippen LogP contribution in [0.5, 0.6) is 0 Å². The Morgan fingerprint density at radius 1 is 1.55 bits per heavy atom. The van der Waals surface area contributed by atoms with E-state index >= 15 is 0 Å². The van der Waals surface area contributed by atoms with E-state index in [9.17, 15) is 14.9 Å². The Balaban J connectivity index is 2.42. The van der Waals surface area contributed by atoms with E-state index in [-0.39, 0.29) is 13.0 Å². The standard InChI is InChI=1S/C14H16BrN3O4/c1-3-22-14(19)12(18(20)21)4-8-7-17-11-6-9(15)5-10(16-2)13(8)11/h5-7,12,16-17H,3-4H2,1-2H3. The van der Waals surface area contributed by atoms with Crippen LogP contribution in [0.1, 0.15) is 12.5 Å². The van der Waals surface area contributed by atoms with E-state index in [1.165, 1.54) is 0 Å². The van der Waals surface area contributed by atoms with Gasteiger partial charge in [-0.15, -0.1) is 0 Å². The van der Waals surface area contributed by atoms with Crippen LogP contribution in [0.25, 0.3) is 10.9 Å². The molecule has 7 nitrogen and oxygen atoms in total. The van der Waals surface area contributed by atoms with Crippen LogP contribution in [-0.4, -0.2) is 35.6 Å². The van der Waals surface area contributed by atoms with Crippen LogP contribution in [0, 0.1) is 10.1 Å². The normalized spacial score (nSPS) is 12.1. The Bertz CT molecular complexity index is 713. The number of nitro groups is 1. The topological polar surface area (TPSA) is 97.3 Å². The second-order valence-electron chi connectivity index (χ2n) is 4.70. The number of esters is 1. The zero-order valence-corrected chi connectivity index (χ0v) is 13.8.